The first-order valence-corrected chi connectivity index (χ1v) is 8.23. The van der Waals surface area contributed by atoms with Crippen LogP contribution in [0.25, 0.3) is 0 Å². The van der Waals surface area contributed by atoms with Gasteiger partial charge in [0.05, 0.1) is 6.10 Å². The summed E-state index contributed by atoms with van der Waals surface area (Å²) >= 11 is 0.889. The predicted octanol–water partition coefficient (Wildman–Crippen LogP) is -0.0264. The highest BCUT2D eigenvalue weighted by Crippen LogP contribution is 2.33. The number of esters is 2. The molecule has 0 aromatic carbocycles. The molecule has 136 valence electrons. The Labute approximate surface area is 144 Å². The molecule has 1 fully saturated rings. The summed E-state index contributed by atoms with van der Waals surface area (Å²) in [7, 11) is 0. The van der Waals surface area contributed by atoms with E-state index in [0.29, 0.717) is 0 Å². The van der Waals surface area contributed by atoms with Crippen molar-refractivity contribution >= 4 is 34.8 Å². The van der Waals surface area contributed by atoms with E-state index in [1.807, 2.05) is 0 Å². The SMILES string of the molecule is CC(=O)NC1[C@@H](OC(C)=O)[C@@H](C)C(COC(C)=O)O[C@H]1SC(=N)N. The Hall–Kier alpha value is -1.81. The molecule has 24 heavy (non-hydrogen) atoms. The van der Waals surface area contributed by atoms with Crippen LogP contribution >= 0.6 is 11.8 Å². The zero-order valence-corrected chi connectivity index (χ0v) is 14.8. The highest BCUT2D eigenvalue weighted by atomic mass is 32.2. The van der Waals surface area contributed by atoms with Crippen molar-refractivity contribution in [2.45, 2.75) is 51.4 Å². The van der Waals surface area contributed by atoms with Crippen LogP contribution in [0.5, 0.6) is 0 Å². The van der Waals surface area contributed by atoms with Gasteiger partial charge in [0.2, 0.25) is 5.91 Å². The molecule has 2 unspecified atom stereocenters. The predicted molar refractivity (Wildman–Crippen MR) is 87.1 cm³/mol. The Morgan fingerprint density at radius 2 is 1.88 bits per heavy atom. The molecule has 0 aromatic rings. The van der Waals surface area contributed by atoms with Crippen LogP contribution in [0.3, 0.4) is 0 Å². The van der Waals surface area contributed by atoms with E-state index < -0.39 is 35.6 Å². The van der Waals surface area contributed by atoms with Crippen molar-refractivity contribution < 1.29 is 28.6 Å². The van der Waals surface area contributed by atoms with Gasteiger partial charge in [0.25, 0.3) is 0 Å². The van der Waals surface area contributed by atoms with Crippen LogP contribution < -0.4 is 11.1 Å². The van der Waals surface area contributed by atoms with Crippen molar-refractivity contribution in [2.24, 2.45) is 11.7 Å². The monoisotopic (exact) mass is 361 g/mol. The molecule has 1 aliphatic rings. The molecule has 1 aliphatic heterocycles. The van der Waals surface area contributed by atoms with Crippen molar-refractivity contribution in [3.05, 3.63) is 0 Å². The standard InChI is InChI=1S/C14H23N3O6S/c1-6-10(5-21-8(3)19)23-13(24-14(15)16)11(17-7(2)18)12(6)22-9(4)20/h6,10-13H,5H2,1-4H3,(H3,15,16)(H,17,18)/t6-,10?,11?,12-,13-/m0/s1. The lowest BCUT2D eigenvalue weighted by atomic mass is 9.89. The van der Waals surface area contributed by atoms with Gasteiger partial charge < -0.3 is 25.3 Å². The summed E-state index contributed by atoms with van der Waals surface area (Å²) in [4.78, 5) is 34.0. The molecule has 1 rings (SSSR count). The van der Waals surface area contributed by atoms with E-state index in [2.05, 4.69) is 5.32 Å². The smallest absolute Gasteiger partial charge is 0.302 e. The molecule has 0 radical (unpaired) electrons. The molecule has 0 bridgehead atoms. The van der Waals surface area contributed by atoms with Crippen LogP contribution in [0.2, 0.25) is 0 Å². The summed E-state index contributed by atoms with van der Waals surface area (Å²) in [5, 5.41) is 9.93. The van der Waals surface area contributed by atoms with Gasteiger partial charge in [-0.05, 0) is 0 Å². The van der Waals surface area contributed by atoms with Gasteiger partial charge in [-0.2, -0.15) is 0 Å². The van der Waals surface area contributed by atoms with Gasteiger partial charge in [0.1, 0.15) is 24.2 Å². The first kappa shape index (κ1) is 20.2. The summed E-state index contributed by atoms with van der Waals surface area (Å²) in [6.45, 7) is 5.61. The summed E-state index contributed by atoms with van der Waals surface area (Å²) < 4.78 is 16.2. The second-order valence-electron chi connectivity index (χ2n) is 5.49. The largest absolute Gasteiger partial charge is 0.463 e. The third kappa shape index (κ3) is 6.00. The number of thioether (sulfide) groups is 1. The highest BCUT2D eigenvalue weighted by Gasteiger charge is 2.47. The van der Waals surface area contributed by atoms with E-state index >= 15 is 0 Å². The lowest BCUT2D eigenvalue weighted by molar-refractivity contribution is -0.180. The number of carbonyl (C=O) groups is 3. The number of nitrogens with two attached hydrogens (primary N) is 1. The second-order valence-corrected chi connectivity index (χ2v) is 6.63. The fraction of sp³-hybridized carbons (Fsp3) is 0.714. The van der Waals surface area contributed by atoms with E-state index in [1.165, 1.54) is 20.8 Å². The van der Waals surface area contributed by atoms with Crippen molar-refractivity contribution in [3.8, 4) is 0 Å². The minimum atomic E-state index is -0.757. The number of amides is 1. The number of hydrogen-bond donors (Lipinski definition) is 3. The molecule has 4 N–H and O–H groups in total. The van der Waals surface area contributed by atoms with Crippen molar-refractivity contribution in [2.75, 3.05) is 6.61 Å². The third-order valence-corrected chi connectivity index (χ3v) is 4.32. The van der Waals surface area contributed by atoms with E-state index in [-0.39, 0.29) is 23.6 Å². The first-order chi connectivity index (χ1) is 11.1. The molecule has 1 saturated heterocycles. The number of rotatable bonds is 5. The lowest BCUT2D eigenvalue weighted by Gasteiger charge is -2.44. The summed E-state index contributed by atoms with van der Waals surface area (Å²) in [5.41, 5.74) is 4.67. The van der Waals surface area contributed by atoms with Gasteiger partial charge in [-0.25, -0.2) is 0 Å². The zero-order chi connectivity index (χ0) is 18.4. The number of amidine groups is 1. The number of ether oxygens (including phenoxy) is 3. The number of hydrogen-bond acceptors (Lipinski definition) is 8. The molecule has 0 saturated carbocycles. The van der Waals surface area contributed by atoms with Crippen molar-refractivity contribution in [1.82, 2.24) is 5.32 Å². The average molecular weight is 361 g/mol. The van der Waals surface area contributed by atoms with E-state index in [4.69, 9.17) is 25.4 Å². The highest BCUT2D eigenvalue weighted by molar-refractivity contribution is 8.14. The fourth-order valence-electron chi connectivity index (χ4n) is 2.45. The first-order valence-electron chi connectivity index (χ1n) is 7.35. The molecule has 0 aliphatic carbocycles. The molecule has 0 aromatic heterocycles. The molecular weight excluding hydrogens is 338 g/mol. The van der Waals surface area contributed by atoms with Gasteiger partial charge in [-0.3, -0.25) is 19.8 Å². The van der Waals surface area contributed by atoms with Gasteiger partial charge in [-0.1, -0.05) is 18.7 Å². The fourth-order valence-corrected chi connectivity index (χ4v) is 3.27. The maximum atomic E-state index is 11.5. The molecule has 1 amide bonds. The van der Waals surface area contributed by atoms with Gasteiger partial charge in [0.15, 0.2) is 5.17 Å². The Kier molecular flexibility index (Phi) is 7.49. The minimum absolute atomic E-state index is 0.0317. The van der Waals surface area contributed by atoms with Crippen LogP contribution in [0, 0.1) is 11.3 Å². The second kappa shape index (κ2) is 8.88. The Morgan fingerprint density at radius 3 is 2.33 bits per heavy atom. The van der Waals surface area contributed by atoms with Gasteiger partial charge >= 0.3 is 11.9 Å². The summed E-state index contributed by atoms with van der Waals surface area (Å²) in [6.07, 6.45) is -1.28. The van der Waals surface area contributed by atoms with Crippen LogP contribution in [0.4, 0.5) is 0 Å². The van der Waals surface area contributed by atoms with Crippen LogP contribution in [0.15, 0.2) is 0 Å². The molecule has 10 heteroatoms. The Bertz CT molecular complexity index is 515. The van der Waals surface area contributed by atoms with E-state index in [9.17, 15) is 14.4 Å². The topological polar surface area (TPSA) is 141 Å². The van der Waals surface area contributed by atoms with Gasteiger partial charge in [-0.15, -0.1) is 0 Å². The number of carbonyl (C=O) groups excluding carboxylic acids is 3. The molecule has 0 spiro atoms. The van der Waals surface area contributed by atoms with Crippen molar-refractivity contribution in [1.29, 1.82) is 5.41 Å². The van der Waals surface area contributed by atoms with Crippen LogP contribution in [-0.2, 0) is 28.6 Å². The van der Waals surface area contributed by atoms with Crippen LogP contribution in [0.1, 0.15) is 27.7 Å². The number of nitrogens with one attached hydrogen (secondary N) is 2. The molecule has 5 atom stereocenters. The minimum Gasteiger partial charge on any atom is -0.463 e. The molecule has 9 nitrogen and oxygen atoms in total. The van der Waals surface area contributed by atoms with Gasteiger partial charge in [0, 0.05) is 26.7 Å². The maximum Gasteiger partial charge on any atom is 0.302 e. The average Bonchev–Trinajstić information content (AvgIpc) is 2.42. The normalized spacial score (nSPS) is 29.4. The molecule has 1 heterocycles. The van der Waals surface area contributed by atoms with Crippen LogP contribution in [-0.4, -0.2) is 53.3 Å². The third-order valence-electron chi connectivity index (χ3n) is 3.43. The van der Waals surface area contributed by atoms with E-state index in [0.717, 1.165) is 11.8 Å². The quantitative estimate of drug-likeness (QED) is 0.352. The zero-order valence-electron chi connectivity index (χ0n) is 14.0. The Balaban J connectivity index is 3.07. The lowest BCUT2D eigenvalue weighted by Crippen LogP contribution is -2.61. The van der Waals surface area contributed by atoms with E-state index in [1.54, 1.807) is 6.92 Å². The summed E-state index contributed by atoms with van der Waals surface area (Å²) in [6, 6.07) is -0.691. The maximum absolute atomic E-state index is 11.5. The van der Waals surface area contributed by atoms with Crippen molar-refractivity contribution in [3.63, 3.8) is 0 Å². The molecular formula is C14H23N3O6S. The Morgan fingerprint density at radius 1 is 1.25 bits per heavy atom. The summed E-state index contributed by atoms with van der Waals surface area (Å²) in [5.74, 6) is -1.66.